The van der Waals surface area contributed by atoms with Crippen LogP contribution >= 0.6 is 12.2 Å². The van der Waals surface area contributed by atoms with Crippen molar-refractivity contribution in [2.24, 2.45) is 0 Å². The van der Waals surface area contributed by atoms with Crippen molar-refractivity contribution in [2.75, 3.05) is 5.73 Å². The molecule has 1 heterocycles. The summed E-state index contributed by atoms with van der Waals surface area (Å²) in [4.78, 5) is 9.52. The first-order valence-electron chi connectivity index (χ1n) is 4.36. The molecule has 2 rings (SSSR count). The van der Waals surface area contributed by atoms with E-state index in [0.29, 0.717) is 12.1 Å². The molecule has 0 radical (unpaired) electrons. The zero-order chi connectivity index (χ0) is 12.6. The fourth-order valence-electron chi connectivity index (χ4n) is 1.29. The molecule has 0 fully saturated rings. The highest BCUT2D eigenvalue weighted by molar-refractivity contribution is 7.71. The quantitative estimate of drug-likeness (QED) is 0.769. The number of rotatable bonds is 1. The Labute approximate surface area is 98.3 Å². The third-order valence-electron chi connectivity index (χ3n) is 1.91. The molecule has 0 spiro atoms. The van der Waals surface area contributed by atoms with Gasteiger partial charge < -0.3 is 10.7 Å². The standard InChI is InChI=1S/C9H5F3N4S/c10-3-1-4(11)6(5(12)2-3)7-14-8(13)16-9(17)15-7/h1-2H,(H3,13,14,15,16,17). The van der Waals surface area contributed by atoms with Crippen LogP contribution < -0.4 is 5.73 Å². The molecule has 0 saturated heterocycles. The van der Waals surface area contributed by atoms with E-state index < -0.39 is 23.0 Å². The highest BCUT2D eigenvalue weighted by atomic mass is 32.1. The lowest BCUT2D eigenvalue weighted by Gasteiger charge is -2.05. The average molecular weight is 258 g/mol. The van der Waals surface area contributed by atoms with Gasteiger partial charge in [0, 0.05) is 12.1 Å². The molecule has 0 unspecified atom stereocenters. The van der Waals surface area contributed by atoms with Gasteiger partial charge in [-0.1, -0.05) is 0 Å². The van der Waals surface area contributed by atoms with E-state index in [1.165, 1.54) is 0 Å². The molecule has 4 nitrogen and oxygen atoms in total. The molecule has 3 N–H and O–H groups in total. The number of aromatic amines is 1. The number of aromatic nitrogens is 3. The summed E-state index contributed by atoms with van der Waals surface area (Å²) >= 11 is 4.66. The highest BCUT2D eigenvalue weighted by Crippen LogP contribution is 2.23. The van der Waals surface area contributed by atoms with E-state index in [1.54, 1.807) is 0 Å². The van der Waals surface area contributed by atoms with Crippen LogP contribution in [0.2, 0.25) is 0 Å². The van der Waals surface area contributed by atoms with Crippen molar-refractivity contribution < 1.29 is 13.2 Å². The second kappa shape index (κ2) is 4.13. The molecular formula is C9H5F3N4S. The van der Waals surface area contributed by atoms with Crippen LogP contribution in [-0.2, 0) is 0 Å². The number of hydrogen-bond donors (Lipinski definition) is 2. The molecule has 88 valence electrons. The number of nitrogens with two attached hydrogens (primary N) is 1. The molecule has 8 heteroatoms. The molecular weight excluding hydrogens is 253 g/mol. The third-order valence-corrected chi connectivity index (χ3v) is 2.10. The minimum Gasteiger partial charge on any atom is -0.369 e. The molecule has 0 saturated carbocycles. The van der Waals surface area contributed by atoms with Gasteiger partial charge in [0.05, 0.1) is 5.56 Å². The van der Waals surface area contributed by atoms with Crippen LogP contribution in [0.15, 0.2) is 12.1 Å². The predicted molar refractivity (Wildman–Crippen MR) is 56.9 cm³/mol. The highest BCUT2D eigenvalue weighted by Gasteiger charge is 2.15. The number of halogens is 3. The van der Waals surface area contributed by atoms with Crippen LogP contribution in [0.3, 0.4) is 0 Å². The zero-order valence-corrected chi connectivity index (χ0v) is 8.99. The number of nitrogens with one attached hydrogen (secondary N) is 1. The van der Waals surface area contributed by atoms with Crippen LogP contribution in [0.25, 0.3) is 11.4 Å². The lowest BCUT2D eigenvalue weighted by Crippen LogP contribution is -2.03. The topological polar surface area (TPSA) is 67.6 Å². The normalized spacial score (nSPS) is 10.5. The first-order valence-corrected chi connectivity index (χ1v) is 4.77. The van der Waals surface area contributed by atoms with E-state index in [2.05, 4.69) is 27.2 Å². The van der Waals surface area contributed by atoms with Crippen molar-refractivity contribution in [1.29, 1.82) is 0 Å². The number of nitrogen functional groups attached to an aromatic ring is 1. The number of benzene rings is 1. The summed E-state index contributed by atoms with van der Waals surface area (Å²) in [6.45, 7) is 0. The number of nitrogens with zero attached hydrogens (tertiary/aromatic N) is 2. The first kappa shape index (κ1) is 11.5. The Morgan fingerprint density at radius 1 is 1.12 bits per heavy atom. The first-order chi connectivity index (χ1) is 7.97. The van der Waals surface area contributed by atoms with E-state index >= 15 is 0 Å². The fraction of sp³-hybridized carbons (Fsp3) is 0. The lowest BCUT2D eigenvalue weighted by molar-refractivity contribution is 0.546. The van der Waals surface area contributed by atoms with Crippen LogP contribution in [0, 0.1) is 22.2 Å². The minimum absolute atomic E-state index is 0.136. The maximum Gasteiger partial charge on any atom is 0.224 e. The largest absolute Gasteiger partial charge is 0.369 e. The number of anilines is 1. The Balaban J connectivity index is 2.72. The van der Waals surface area contributed by atoms with Crippen molar-refractivity contribution in [1.82, 2.24) is 15.0 Å². The molecule has 0 aliphatic rings. The maximum absolute atomic E-state index is 13.4. The van der Waals surface area contributed by atoms with E-state index in [9.17, 15) is 13.2 Å². The molecule has 0 atom stereocenters. The Bertz CT molecular complexity index is 617. The molecule has 0 bridgehead atoms. The molecule has 0 aliphatic heterocycles. The Kier molecular flexibility index (Phi) is 2.80. The van der Waals surface area contributed by atoms with Gasteiger partial charge in [0.25, 0.3) is 0 Å². The maximum atomic E-state index is 13.4. The fourth-order valence-corrected chi connectivity index (χ4v) is 1.48. The monoisotopic (exact) mass is 258 g/mol. The number of H-pyrrole nitrogens is 1. The zero-order valence-electron chi connectivity index (χ0n) is 8.17. The van der Waals surface area contributed by atoms with Gasteiger partial charge in [-0.25, -0.2) is 18.2 Å². The Morgan fingerprint density at radius 2 is 1.71 bits per heavy atom. The van der Waals surface area contributed by atoms with Gasteiger partial charge in [-0.2, -0.15) is 4.98 Å². The van der Waals surface area contributed by atoms with Crippen molar-refractivity contribution in [3.05, 3.63) is 34.4 Å². The Hall–Kier alpha value is -1.96. The molecule has 0 amide bonds. The van der Waals surface area contributed by atoms with Gasteiger partial charge in [0.1, 0.15) is 23.3 Å². The van der Waals surface area contributed by atoms with Crippen molar-refractivity contribution in [2.45, 2.75) is 0 Å². The summed E-state index contributed by atoms with van der Waals surface area (Å²) in [7, 11) is 0. The second-order valence-corrected chi connectivity index (χ2v) is 3.47. The van der Waals surface area contributed by atoms with Crippen LogP contribution in [0.4, 0.5) is 19.1 Å². The molecule has 0 aliphatic carbocycles. The third kappa shape index (κ3) is 2.26. The van der Waals surface area contributed by atoms with Gasteiger partial charge in [-0.15, -0.1) is 0 Å². The van der Waals surface area contributed by atoms with Crippen LogP contribution in [0.1, 0.15) is 0 Å². The minimum atomic E-state index is -1.11. The van der Waals surface area contributed by atoms with Crippen molar-refractivity contribution in [3.63, 3.8) is 0 Å². The van der Waals surface area contributed by atoms with Gasteiger partial charge in [-0.05, 0) is 12.2 Å². The summed E-state index contributed by atoms with van der Waals surface area (Å²) in [5.74, 6) is -3.61. The van der Waals surface area contributed by atoms with Crippen molar-refractivity contribution >= 4 is 18.2 Å². The second-order valence-electron chi connectivity index (χ2n) is 3.11. The van der Waals surface area contributed by atoms with E-state index in [4.69, 9.17) is 5.73 Å². The van der Waals surface area contributed by atoms with Crippen LogP contribution in [0.5, 0.6) is 0 Å². The molecule has 1 aromatic heterocycles. The van der Waals surface area contributed by atoms with E-state index in [1.807, 2.05) is 0 Å². The average Bonchev–Trinajstić information content (AvgIpc) is 2.13. The molecule has 2 aromatic rings. The summed E-state index contributed by atoms with van der Waals surface area (Å²) < 4.78 is 39.4. The Morgan fingerprint density at radius 3 is 2.24 bits per heavy atom. The van der Waals surface area contributed by atoms with Gasteiger partial charge in [0.2, 0.25) is 10.7 Å². The van der Waals surface area contributed by atoms with Gasteiger partial charge >= 0.3 is 0 Å². The SMILES string of the molecule is Nc1nc(=S)nc(-c2c(F)cc(F)cc2F)[nH]1. The lowest BCUT2D eigenvalue weighted by atomic mass is 10.2. The summed E-state index contributed by atoms with van der Waals surface area (Å²) in [6, 6.07) is 1.07. The van der Waals surface area contributed by atoms with Crippen LogP contribution in [-0.4, -0.2) is 15.0 Å². The van der Waals surface area contributed by atoms with Gasteiger partial charge in [0.15, 0.2) is 0 Å². The van der Waals surface area contributed by atoms with Gasteiger partial charge in [-0.3, -0.25) is 0 Å². The van der Waals surface area contributed by atoms with Crippen molar-refractivity contribution in [3.8, 4) is 11.4 Å². The smallest absolute Gasteiger partial charge is 0.224 e. The van der Waals surface area contributed by atoms with E-state index in [-0.39, 0.29) is 16.5 Å². The molecule has 17 heavy (non-hydrogen) atoms. The summed E-state index contributed by atoms with van der Waals surface area (Å²) in [5.41, 5.74) is 4.80. The number of hydrogen-bond acceptors (Lipinski definition) is 4. The predicted octanol–water partition coefficient (Wildman–Crippen LogP) is 2.20. The summed E-state index contributed by atoms with van der Waals surface area (Å²) in [6.07, 6.45) is 0. The van der Waals surface area contributed by atoms with E-state index in [0.717, 1.165) is 0 Å². The summed E-state index contributed by atoms with van der Waals surface area (Å²) in [5, 5.41) is 0. The molecule has 1 aromatic carbocycles.